The van der Waals surface area contributed by atoms with Crippen LogP contribution in [0.25, 0.3) is 0 Å². The Labute approximate surface area is 188 Å². The number of hydrogen-bond donors (Lipinski definition) is 1. The zero-order valence-electron chi connectivity index (χ0n) is 19.1. The zero-order chi connectivity index (χ0) is 25.7. The van der Waals surface area contributed by atoms with Crippen LogP contribution >= 0.6 is 0 Å². The summed E-state index contributed by atoms with van der Waals surface area (Å²) in [6.45, 7) is 15.0. The lowest BCUT2D eigenvalue weighted by molar-refractivity contribution is -0.929. The summed E-state index contributed by atoms with van der Waals surface area (Å²) in [5, 5.41) is -6.42. The molecule has 0 heterocycles. The fourth-order valence-corrected chi connectivity index (χ4v) is 4.75. The average Bonchev–Trinajstić information content (AvgIpc) is 2.64. The highest BCUT2D eigenvalue weighted by atomic mass is 32.3. The molecule has 0 rings (SSSR count). The summed E-state index contributed by atoms with van der Waals surface area (Å²) in [7, 11) is -13.0. The van der Waals surface area contributed by atoms with Crippen molar-refractivity contribution in [2.75, 3.05) is 26.2 Å². The molecule has 32 heavy (non-hydrogen) atoms. The maximum absolute atomic E-state index is 12.0. The molecule has 1 N–H and O–H groups in total. The molecule has 0 atom stereocenters. The van der Waals surface area contributed by atoms with Crippen LogP contribution in [-0.2, 0) is 20.4 Å². The molecule has 0 aliphatic rings. The van der Waals surface area contributed by atoms with E-state index in [4.69, 9.17) is 0 Å². The van der Waals surface area contributed by atoms with E-state index in [2.05, 4.69) is 27.7 Å². The second kappa shape index (κ2) is 14.6. The molecule has 196 valence electrons. The van der Waals surface area contributed by atoms with Crippen LogP contribution < -0.4 is 4.13 Å². The van der Waals surface area contributed by atoms with Gasteiger partial charge in [0.05, 0.1) is 26.2 Å². The predicted octanol–water partition coefficient (Wildman–Crippen LogP) is 5.28. The van der Waals surface area contributed by atoms with Crippen molar-refractivity contribution < 1.29 is 47.2 Å². The van der Waals surface area contributed by atoms with E-state index < -0.39 is 36.0 Å². The quantitative estimate of drug-likeness (QED) is 0.180. The first-order valence-electron chi connectivity index (χ1n) is 10.7. The van der Waals surface area contributed by atoms with Crippen molar-refractivity contribution in [3.05, 3.63) is 0 Å². The molecule has 0 unspecified atom stereocenters. The van der Waals surface area contributed by atoms with E-state index in [1.807, 2.05) is 0 Å². The maximum Gasteiger partial charge on any atom is 0.471 e. The number of nitrogens with one attached hydrogen (secondary N) is 1. The summed E-state index contributed by atoms with van der Waals surface area (Å²) in [4.78, 5) is 0. The van der Waals surface area contributed by atoms with E-state index in [0.717, 1.165) is 0 Å². The second-order valence-corrected chi connectivity index (χ2v) is 10.8. The lowest BCUT2D eigenvalue weighted by Gasteiger charge is -2.39. The van der Waals surface area contributed by atoms with Crippen LogP contribution in [0.15, 0.2) is 0 Å². The van der Waals surface area contributed by atoms with Crippen LogP contribution in [0.3, 0.4) is 0 Å². The number of hydrogen-bond acceptors (Lipinski definition) is 4. The van der Waals surface area contributed by atoms with Crippen LogP contribution in [-0.4, -0.2) is 58.9 Å². The number of halogens is 6. The first-order valence-corrected chi connectivity index (χ1v) is 13.6. The molecule has 0 spiro atoms. The lowest BCUT2D eigenvalue weighted by Crippen LogP contribution is -2.50. The summed E-state index contributed by atoms with van der Waals surface area (Å²) >= 11 is 0. The van der Waals surface area contributed by atoms with Crippen molar-refractivity contribution in [1.82, 2.24) is 4.13 Å². The van der Waals surface area contributed by atoms with Crippen LogP contribution in [0.2, 0.25) is 0 Å². The minimum Gasteiger partial charge on any atom is -0.324 e. The van der Waals surface area contributed by atoms with Crippen molar-refractivity contribution in [2.45, 2.75) is 90.5 Å². The molecule has 0 saturated heterocycles. The maximum atomic E-state index is 12.0. The Morgan fingerprint density at radius 3 is 1.12 bits per heavy atom. The van der Waals surface area contributed by atoms with Gasteiger partial charge in [-0.05, 0) is 25.7 Å². The summed E-state index contributed by atoms with van der Waals surface area (Å²) in [5.41, 5.74) is 0. The number of alkyl halides is 5. The highest BCUT2D eigenvalue weighted by molar-refractivity contribution is 8.03. The van der Waals surface area contributed by atoms with E-state index in [1.165, 1.54) is 82.0 Å². The molecular weight excluding hydrogens is 486 g/mol. The van der Waals surface area contributed by atoms with Gasteiger partial charge in [-0.15, -0.1) is 0 Å². The minimum absolute atomic E-state index is 0.450. The molecule has 6 nitrogen and oxygen atoms in total. The fourth-order valence-electron chi connectivity index (χ4n) is 2.98. The van der Waals surface area contributed by atoms with E-state index in [-0.39, 0.29) is 0 Å². The van der Waals surface area contributed by atoms with Crippen molar-refractivity contribution >= 4 is 20.4 Å². The Hall–Kier alpha value is -0.600. The molecule has 0 aliphatic heterocycles. The zero-order valence-corrected chi connectivity index (χ0v) is 20.8. The normalized spacial score (nSPS) is 13.6. The van der Waals surface area contributed by atoms with Gasteiger partial charge in [-0.3, -0.25) is 0 Å². The topological polar surface area (TPSA) is 80.3 Å². The summed E-state index contributed by atoms with van der Waals surface area (Å²) in [6.07, 6.45) is 4.50. The monoisotopic (exact) mass is 523 g/mol. The van der Waals surface area contributed by atoms with Gasteiger partial charge in [0.2, 0.25) is 0 Å². The largest absolute Gasteiger partial charge is 0.471 e. The third kappa shape index (κ3) is 12.6. The standard InChI is InChI=1S/C16H36N.C2HF6NO4S2/c1-5-9-13-17(14-10-6-2,15-11-7-3)16-12-8-4;3-1(4,5)2(6,7)14(10,11)9-15(8,12)13/h5-16H2,1-4H3;9H/q+1;. The van der Waals surface area contributed by atoms with Gasteiger partial charge in [0.15, 0.2) is 0 Å². The van der Waals surface area contributed by atoms with Gasteiger partial charge in [-0.25, -0.2) is 8.42 Å². The van der Waals surface area contributed by atoms with Gasteiger partial charge >= 0.3 is 31.9 Å². The summed E-state index contributed by atoms with van der Waals surface area (Å²) in [6, 6.07) is 0. The molecule has 14 heteroatoms. The van der Waals surface area contributed by atoms with Crippen molar-refractivity contribution in [1.29, 1.82) is 0 Å². The highest BCUT2D eigenvalue weighted by Crippen LogP contribution is 2.39. The van der Waals surface area contributed by atoms with Crippen molar-refractivity contribution in [3.8, 4) is 0 Å². The average molecular weight is 524 g/mol. The predicted molar refractivity (Wildman–Crippen MR) is 112 cm³/mol. The molecular formula is C18H37F6N2O4S2+. The molecule has 0 amide bonds. The van der Waals surface area contributed by atoms with Crippen molar-refractivity contribution in [3.63, 3.8) is 0 Å². The third-order valence-corrected chi connectivity index (χ3v) is 7.40. The van der Waals surface area contributed by atoms with Crippen LogP contribution in [0.1, 0.15) is 79.1 Å². The minimum atomic E-state index is -6.75. The Bertz CT molecular complexity index is 676. The van der Waals surface area contributed by atoms with Crippen LogP contribution in [0.4, 0.5) is 25.8 Å². The molecule has 0 radical (unpaired) electrons. The third-order valence-electron chi connectivity index (χ3n) is 4.82. The first-order chi connectivity index (χ1) is 14.4. The SMILES string of the molecule is CCCC[N+](CCCC)(CCCC)CCCC.O=S(=O)(F)NS(=O)(=O)C(F)(F)C(F)(F)F. The van der Waals surface area contributed by atoms with Crippen molar-refractivity contribution in [2.24, 2.45) is 0 Å². The Morgan fingerprint density at radius 1 is 0.656 bits per heavy atom. The first kappa shape index (κ1) is 33.6. The van der Waals surface area contributed by atoms with Gasteiger partial charge in [0, 0.05) is 0 Å². The van der Waals surface area contributed by atoms with E-state index >= 15 is 0 Å². The molecule has 0 aliphatic carbocycles. The number of unbranched alkanes of at least 4 members (excludes halogenated alkanes) is 4. The fraction of sp³-hybridized carbons (Fsp3) is 1.00. The van der Waals surface area contributed by atoms with Gasteiger partial charge in [-0.1, -0.05) is 61.4 Å². The molecule has 0 aromatic heterocycles. The molecule has 0 aromatic carbocycles. The second-order valence-electron chi connectivity index (χ2n) is 7.69. The Kier molecular flexibility index (Phi) is 15.3. The van der Waals surface area contributed by atoms with Crippen LogP contribution in [0.5, 0.6) is 0 Å². The summed E-state index contributed by atoms with van der Waals surface area (Å²) < 4.78 is 110. The Balaban J connectivity index is 0. The van der Waals surface area contributed by atoms with E-state index in [9.17, 15) is 42.7 Å². The Morgan fingerprint density at radius 2 is 0.938 bits per heavy atom. The molecule has 0 aromatic rings. The van der Waals surface area contributed by atoms with Gasteiger partial charge in [0.1, 0.15) is 0 Å². The molecule has 0 fully saturated rings. The van der Waals surface area contributed by atoms with E-state index in [1.54, 1.807) is 0 Å². The van der Waals surface area contributed by atoms with Crippen LogP contribution in [0, 0.1) is 0 Å². The summed E-state index contributed by atoms with van der Waals surface area (Å²) in [5.74, 6) is 0. The lowest BCUT2D eigenvalue weighted by atomic mass is 10.1. The molecule has 0 bridgehead atoms. The molecule has 0 saturated carbocycles. The number of nitrogens with zero attached hydrogens (tertiary/aromatic N) is 1. The van der Waals surface area contributed by atoms with E-state index in [0.29, 0.717) is 0 Å². The number of rotatable bonds is 15. The number of quaternary nitrogens is 1. The van der Waals surface area contributed by atoms with Gasteiger partial charge in [0.25, 0.3) is 0 Å². The smallest absolute Gasteiger partial charge is 0.324 e. The van der Waals surface area contributed by atoms with Gasteiger partial charge in [-0.2, -0.15) is 30.4 Å². The number of sulfonamides is 1. The van der Waals surface area contributed by atoms with Gasteiger partial charge < -0.3 is 4.48 Å². The highest BCUT2D eigenvalue weighted by Gasteiger charge is 2.68.